The third-order valence-electron chi connectivity index (χ3n) is 8.71. The Morgan fingerprint density at radius 1 is 1.14 bits per heavy atom. The number of nitro groups is 1. The molecule has 4 aliphatic rings. The van der Waals surface area contributed by atoms with Gasteiger partial charge in [-0.2, -0.15) is 15.3 Å². The van der Waals surface area contributed by atoms with E-state index in [1.807, 2.05) is 26.4 Å². The number of nitrogens with one attached hydrogen (secondary N) is 1. The minimum absolute atomic E-state index is 0.00748. The number of hydrogen-bond acceptors (Lipinski definition) is 6. The molecule has 11 heteroatoms. The first-order valence-electron chi connectivity index (χ1n) is 12.8. The molecule has 4 fully saturated rings. The van der Waals surface area contributed by atoms with Crippen molar-refractivity contribution < 1.29 is 9.72 Å². The molecule has 4 aliphatic carbocycles. The molecule has 4 bridgehead atoms. The van der Waals surface area contributed by atoms with Gasteiger partial charge in [0.2, 0.25) is 5.91 Å². The van der Waals surface area contributed by atoms with Crippen molar-refractivity contribution in [2.45, 2.75) is 77.4 Å². The van der Waals surface area contributed by atoms with E-state index in [0.29, 0.717) is 30.5 Å². The van der Waals surface area contributed by atoms with Crippen molar-refractivity contribution in [3.05, 3.63) is 52.4 Å². The molecule has 1 N–H and O–H groups in total. The Bertz CT molecular complexity index is 1310. The summed E-state index contributed by atoms with van der Waals surface area (Å²) in [5.74, 6) is 1.09. The zero-order valence-corrected chi connectivity index (χ0v) is 20.8. The molecule has 3 aromatic rings. The second-order valence-electron chi connectivity index (χ2n) is 11.3. The van der Waals surface area contributed by atoms with Crippen LogP contribution in [0, 0.1) is 34.3 Å². The van der Waals surface area contributed by atoms with Crippen LogP contribution in [0.5, 0.6) is 0 Å². The molecule has 2 unspecified atom stereocenters. The van der Waals surface area contributed by atoms with Gasteiger partial charge in [-0.05, 0) is 69.6 Å². The van der Waals surface area contributed by atoms with E-state index >= 15 is 0 Å². The van der Waals surface area contributed by atoms with Gasteiger partial charge in [-0.15, -0.1) is 0 Å². The fourth-order valence-corrected chi connectivity index (χ4v) is 7.74. The Labute approximate surface area is 209 Å². The highest BCUT2D eigenvalue weighted by molar-refractivity contribution is 5.90. The average Bonchev–Trinajstić information content (AvgIpc) is 3.54. The first-order valence-corrected chi connectivity index (χ1v) is 12.8. The summed E-state index contributed by atoms with van der Waals surface area (Å²) in [7, 11) is 0. The van der Waals surface area contributed by atoms with Gasteiger partial charge >= 0.3 is 5.69 Å². The lowest BCUT2D eigenvalue weighted by molar-refractivity contribution is -0.385. The summed E-state index contributed by atoms with van der Waals surface area (Å²) >= 11 is 0. The maximum atomic E-state index is 13.2. The zero-order valence-electron chi connectivity index (χ0n) is 20.8. The Morgan fingerprint density at radius 3 is 2.58 bits per heavy atom. The smallest absolute Gasteiger partial charge is 0.307 e. The maximum absolute atomic E-state index is 13.2. The van der Waals surface area contributed by atoms with Crippen molar-refractivity contribution in [3.63, 3.8) is 0 Å². The second kappa shape index (κ2) is 8.28. The lowest BCUT2D eigenvalue weighted by Gasteiger charge is -2.61. The fraction of sp³-hybridized carbons (Fsp3) is 0.600. The third kappa shape index (κ3) is 3.90. The molecule has 4 saturated carbocycles. The van der Waals surface area contributed by atoms with E-state index in [4.69, 9.17) is 0 Å². The van der Waals surface area contributed by atoms with Gasteiger partial charge < -0.3 is 5.32 Å². The SMILES string of the molecule is CCn1ncc(Cn2cc(NC(=O)CC34CC5CC(C3)CC(n3cc([N+](=O)[O-])cn3)(C5)C4)cn2)c1C. The van der Waals surface area contributed by atoms with Gasteiger partial charge in [-0.3, -0.25) is 29.0 Å². The van der Waals surface area contributed by atoms with Crippen molar-refractivity contribution >= 4 is 17.3 Å². The standard InChI is InChI=1S/C25H32N8O3/c1-3-31-17(2)20(10-27-31)13-30-14-21(11-26-30)29-23(34)9-24-5-18-4-19(6-24)8-25(7-18,16-24)32-15-22(12-28-32)33(35)36/h10-12,14-15,18-19H,3-9,13,16H2,1-2H3,(H,29,34). The number of aromatic nitrogens is 6. The highest BCUT2D eigenvalue weighted by Crippen LogP contribution is 2.65. The van der Waals surface area contributed by atoms with Crippen LogP contribution in [0.15, 0.2) is 31.0 Å². The molecule has 2 atom stereocenters. The van der Waals surface area contributed by atoms with Crippen LogP contribution in [0.25, 0.3) is 0 Å². The van der Waals surface area contributed by atoms with Crippen molar-refractivity contribution in [2.24, 2.45) is 17.3 Å². The molecule has 0 radical (unpaired) electrons. The molecule has 7 rings (SSSR count). The van der Waals surface area contributed by atoms with Crippen LogP contribution in [-0.2, 0) is 23.4 Å². The van der Waals surface area contributed by atoms with E-state index in [1.54, 1.807) is 12.4 Å². The summed E-state index contributed by atoms with van der Waals surface area (Å²) in [4.78, 5) is 24.1. The summed E-state index contributed by atoms with van der Waals surface area (Å²) in [5, 5.41) is 27.6. The van der Waals surface area contributed by atoms with Crippen molar-refractivity contribution in [2.75, 3.05) is 5.32 Å². The van der Waals surface area contributed by atoms with E-state index in [-0.39, 0.29) is 27.5 Å². The van der Waals surface area contributed by atoms with Crippen molar-refractivity contribution in [3.8, 4) is 0 Å². The van der Waals surface area contributed by atoms with Gasteiger partial charge in [0.15, 0.2) is 0 Å². The van der Waals surface area contributed by atoms with Crippen LogP contribution >= 0.6 is 0 Å². The van der Waals surface area contributed by atoms with Crippen LogP contribution in [-0.4, -0.2) is 40.2 Å². The molecular formula is C25H32N8O3. The molecule has 11 nitrogen and oxygen atoms in total. The van der Waals surface area contributed by atoms with Gasteiger partial charge in [-0.1, -0.05) is 0 Å². The Kier molecular flexibility index (Phi) is 5.27. The summed E-state index contributed by atoms with van der Waals surface area (Å²) in [6, 6.07) is 0. The first-order chi connectivity index (χ1) is 17.3. The quantitative estimate of drug-likeness (QED) is 0.376. The highest BCUT2D eigenvalue weighted by atomic mass is 16.6. The first kappa shape index (κ1) is 22.9. The Morgan fingerprint density at radius 2 is 1.92 bits per heavy atom. The molecule has 0 aromatic carbocycles. The number of rotatable bonds is 8. The van der Waals surface area contributed by atoms with Crippen LogP contribution in [0.1, 0.15) is 63.1 Å². The van der Waals surface area contributed by atoms with Crippen LogP contribution in [0.3, 0.4) is 0 Å². The fourth-order valence-electron chi connectivity index (χ4n) is 7.74. The summed E-state index contributed by atoms with van der Waals surface area (Å²) in [6.07, 6.45) is 14.9. The molecule has 0 spiro atoms. The Balaban J connectivity index is 1.15. The number of anilines is 1. The minimum Gasteiger partial charge on any atom is -0.323 e. The van der Waals surface area contributed by atoms with Gasteiger partial charge in [0, 0.05) is 30.4 Å². The minimum atomic E-state index is -0.384. The number of carbonyl (C=O) groups excluding carboxylic acids is 1. The van der Waals surface area contributed by atoms with Crippen molar-refractivity contribution in [1.82, 2.24) is 29.3 Å². The molecule has 3 aromatic heterocycles. The summed E-state index contributed by atoms with van der Waals surface area (Å²) in [5.41, 5.74) is 2.66. The number of aryl methyl sites for hydroxylation is 1. The molecule has 190 valence electrons. The normalized spacial score (nSPS) is 28.5. The number of hydrogen-bond donors (Lipinski definition) is 1. The predicted octanol–water partition coefficient (Wildman–Crippen LogP) is 3.89. The molecule has 0 saturated heterocycles. The third-order valence-corrected chi connectivity index (χ3v) is 8.71. The van der Waals surface area contributed by atoms with Crippen LogP contribution in [0.2, 0.25) is 0 Å². The van der Waals surface area contributed by atoms with E-state index in [2.05, 4.69) is 34.5 Å². The lowest BCUT2D eigenvalue weighted by Crippen LogP contribution is -2.57. The largest absolute Gasteiger partial charge is 0.323 e. The predicted molar refractivity (Wildman–Crippen MR) is 131 cm³/mol. The Hall–Kier alpha value is -3.50. The molecule has 0 aliphatic heterocycles. The topological polar surface area (TPSA) is 126 Å². The maximum Gasteiger partial charge on any atom is 0.307 e. The molecule has 36 heavy (non-hydrogen) atoms. The zero-order chi connectivity index (χ0) is 25.1. The van der Waals surface area contributed by atoms with Crippen LogP contribution in [0.4, 0.5) is 11.4 Å². The van der Waals surface area contributed by atoms with Gasteiger partial charge in [0.1, 0.15) is 12.4 Å². The molecular weight excluding hydrogens is 460 g/mol. The summed E-state index contributed by atoms with van der Waals surface area (Å²) < 4.78 is 5.63. The molecule has 3 heterocycles. The lowest BCUT2D eigenvalue weighted by atomic mass is 9.46. The van der Waals surface area contributed by atoms with E-state index in [9.17, 15) is 14.9 Å². The van der Waals surface area contributed by atoms with Gasteiger partial charge in [-0.25, -0.2) is 0 Å². The monoisotopic (exact) mass is 492 g/mol. The average molecular weight is 493 g/mol. The highest BCUT2D eigenvalue weighted by Gasteiger charge is 2.59. The van der Waals surface area contributed by atoms with Gasteiger partial charge in [0.25, 0.3) is 0 Å². The van der Waals surface area contributed by atoms with E-state index < -0.39 is 0 Å². The van der Waals surface area contributed by atoms with Crippen molar-refractivity contribution in [1.29, 1.82) is 0 Å². The van der Waals surface area contributed by atoms with Crippen LogP contribution < -0.4 is 5.32 Å². The summed E-state index contributed by atoms with van der Waals surface area (Å²) in [6.45, 7) is 5.55. The second-order valence-corrected chi connectivity index (χ2v) is 11.3. The van der Waals surface area contributed by atoms with E-state index in [0.717, 1.165) is 49.9 Å². The number of carbonyl (C=O) groups is 1. The molecule has 1 amide bonds. The van der Waals surface area contributed by atoms with E-state index in [1.165, 1.54) is 12.6 Å². The number of amides is 1. The number of nitrogens with zero attached hydrogens (tertiary/aromatic N) is 7. The van der Waals surface area contributed by atoms with Gasteiger partial charge in [0.05, 0.1) is 35.1 Å².